The Hall–Kier alpha value is -8.00. The van der Waals surface area contributed by atoms with Gasteiger partial charge in [0, 0.05) is 22.5 Å². The van der Waals surface area contributed by atoms with Crippen molar-refractivity contribution in [2.75, 3.05) is 4.90 Å². The van der Waals surface area contributed by atoms with Crippen LogP contribution in [0.25, 0.3) is 66.8 Å². The van der Waals surface area contributed by atoms with Gasteiger partial charge >= 0.3 is 0 Å². The molecule has 3 aliphatic carbocycles. The van der Waals surface area contributed by atoms with E-state index >= 15 is 0 Å². The van der Waals surface area contributed by atoms with E-state index in [2.05, 4.69) is 255 Å². The van der Waals surface area contributed by atoms with E-state index < -0.39 is 5.41 Å². The Morgan fingerprint density at radius 1 is 0.246 bits per heavy atom. The Morgan fingerprint density at radius 3 is 1.17 bits per heavy atom. The van der Waals surface area contributed by atoms with Crippen LogP contribution in [0.3, 0.4) is 0 Å². The number of hydrogen-bond acceptors (Lipinski definition) is 1. The van der Waals surface area contributed by atoms with Gasteiger partial charge < -0.3 is 4.90 Å². The summed E-state index contributed by atoms with van der Waals surface area (Å²) >= 11 is 0. The van der Waals surface area contributed by atoms with Crippen LogP contribution in [-0.4, -0.2) is 0 Å². The summed E-state index contributed by atoms with van der Waals surface area (Å²) in [7, 11) is 0. The molecule has 0 saturated carbocycles. The molecule has 3 aliphatic rings. The van der Waals surface area contributed by atoms with Crippen LogP contribution in [0, 0.1) is 0 Å². The molecule has 10 aromatic rings. The highest BCUT2D eigenvalue weighted by Gasteiger charge is 2.49. The van der Waals surface area contributed by atoms with Gasteiger partial charge in [-0.2, -0.15) is 0 Å². The van der Waals surface area contributed by atoms with Crippen molar-refractivity contribution in [1.82, 2.24) is 0 Å². The Balaban J connectivity index is 0.941. The van der Waals surface area contributed by atoms with E-state index in [9.17, 15) is 0 Å². The van der Waals surface area contributed by atoms with E-state index in [1.54, 1.807) is 0 Å². The second-order valence-electron chi connectivity index (χ2n) is 18.4. The minimum Gasteiger partial charge on any atom is -0.310 e. The van der Waals surface area contributed by atoms with Gasteiger partial charge in [-0.05, 0) is 143 Å². The van der Waals surface area contributed by atoms with Gasteiger partial charge in [-0.1, -0.05) is 208 Å². The highest BCUT2D eigenvalue weighted by Crippen LogP contribution is 2.62. The largest absolute Gasteiger partial charge is 0.310 e. The van der Waals surface area contributed by atoms with Crippen LogP contribution < -0.4 is 4.90 Å². The smallest absolute Gasteiger partial charge is 0.0725 e. The molecule has 1 heteroatoms. The van der Waals surface area contributed by atoms with Crippen molar-refractivity contribution in [2.45, 2.75) is 24.7 Å². The SMILES string of the molecule is CC1(C)c2ccccc2-c2ccc(N(c3ccc(-c4ccccc4)cc3)c3ccc(-c4ccc5c(c4)-c4ccccc4C54c5ccccc5-c5ccccc5-c5ccccc54)cc3)cc21. The zero-order chi connectivity index (χ0) is 43.3. The third-order valence-electron chi connectivity index (χ3n) is 14.7. The quantitative estimate of drug-likeness (QED) is 0.167. The molecule has 0 atom stereocenters. The summed E-state index contributed by atoms with van der Waals surface area (Å²) in [6.45, 7) is 4.72. The average Bonchev–Trinajstić information content (AvgIpc) is 3.75. The third-order valence-corrected chi connectivity index (χ3v) is 14.7. The lowest BCUT2D eigenvalue weighted by Gasteiger charge is -2.35. The van der Waals surface area contributed by atoms with Gasteiger partial charge in [0.2, 0.25) is 0 Å². The number of hydrogen-bond donors (Lipinski definition) is 0. The van der Waals surface area contributed by atoms with Crippen molar-refractivity contribution in [3.05, 3.63) is 270 Å². The molecule has 0 radical (unpaired) electrons. The predicted molar refractivity (Wildman–Crippen MR) is 271 cm³/mol. The molecule has 0 N–H and O–H groups in total. The molecule has 13 rings (SSSR count). The van der Waals surface area contributed by atoms with Crippen LogP contribution >= 0.6 is 0 Å². The molecule has 0 aromatic heterocycles. The van der Waals surface area contributed by atoms with Gasteiger partial charge in [-0.3, -0.25) is 0 Å². The van der Waals surface area contributed by atoms with Gasteiger partial charge in [-0.25, -0.2) is 0 Å². The molecular formula is C64H45N. The van der Waals surface area contributed by atoms with Gasteiger partial charge in [0.1, 0.15) is 0 Å². The van der Waals surface area contributed by atoms with Crippen LogP contribution in [0.2, 0.25) is 0 Å². The molecule has 0 fully saturated rings. The first-order chi connectivity index (χ1) is 32.0. The van der Waals surface area contributed by atoms with Crippen molar-refractivity contribution in [3.63, 3.8) is 0 Å². The highest BCUT2D eigenvalue weighted by atomic mass is 15.1. The first-order valence-electron chi connectivity index (χ1n) is 22.8. The number of anilines is 3. The molecule has 0 amide bonds. The normalized spacial score (nSPS) is 13.9. The van der Waals surface area contributed by atoms with Gasteiger partial charge in [0.25, 0.3) is 0 Å². The summed E-state index contributed by atoms with van der Waals surface area (Å²) in [6, 6.07) is 88.3. The van der Waals surface area contributed by atoms with Crippen LogP contribution in [0.1, 0.15) is 47.2 Å². The first kappa shape index (κ1) is 37.5. The zero-order valence-electron chi connectivity index (χ0n) is 36.5. The highest BCUT2D eigenvalue weighted by molar-refractivity contribution is 5.98. The summed E-state index contributed by atoms with van der Waals surface area (Å²) in [4.78, 5) is 2.42. The maximum atomic E-state index is 2.45. The van der Waals surface area contributed by atoms with Crippen LogP contribution in [0.4, 0.5) is 17.1 Å². The Kier molecular flexibility index (Phi) is 8.24. The van der Waals surface area contributed by atoms with Crippen molar-refractivity contribution in [1.29, 1.82) is 0 Å². The lowest BCUT2D eigenvalue weighted by atomic mass is 9.66. The molecule has 0 bridgehead atoms. The summed E-state index contributed by atoms with van der Waals surface area (Å²) < 4.78 is 0. The number of rotatable bonds is 5. The van der Waals surface area contributed by atoms with Crippen LogP contribution in [0.15, 0.2) is 237 Å². The second-order valence-corrected chi connectivity index (χ2v) is 18.4. The van der Waals surface area contributed by atoms with E-state index in [0.717, 1.165) is 17.1 Å². The molecule has 65 heavy (non-hydrogen) atoms. The molecule has 0 aliphatic heterocycles. The van der Waals surface area contributed by atoms with Crippen molar-refractivity contribution in [3.8, 4) is 66.8 Å². The van der Waals surface area contributed by atoms with Crippen molar-refractivity contribution in [2.24, 2.45) is 0 Å². The molecule has 0 heterocycles. The molecular weight excluding hydrogens is 783 g/mol. The van der Waals surface area contributed by atoms with Gasteiger partial charge in [0.05, 0.1) is 5.41 Å². The van der Waals surface area contributed by atoms with Gasteiger partial charge in [0.15, 0.2) is 0 Å². The first-order valence-corrected chi connectivity index (χ1v) is 22.8. The predicted octanol–water partition coefficient (Wildman–Crippen LogP) is 16.8. The van der Waals surface area contributed by atoms with E-state index in [-0.39, 0.29) is 5.41 Å². The van der Waals surface area contributed by atoms with Crippen molar-refractivity contribution >= 4 is 17.1 Å². The summed E-state index contributed by atoms with van der Waals surface area (Å²) in [5, 5.41) is 0. The van der Waals surface area contributed by atoms with E-state index in [1.807, 2.05) is 0 Å². The molecule has 1 spiro atoms. The van der Waals surface area contributed by atoms with E-state index in [1.165, 1.54) is 100 Å². The standard InChI is InChI=1S/C64H45N/c1-63(2)57-24-12-8-22-53(57)55-38-37-48(41-62(55)63)65(46-33-28-43(29-34-46)42-16-4-3-5-17-42)47-35-30-44(31-36-47)45-32-39-61-56(40-45)54-23-11-15-27-60(54)64(61)58-25-13-9-20-51(58)49-18-6-7-19-50(49)52-21-10-14-26-59(52)64/h3-41H,1-2H3. The maximum absolute atomic E-state index is 2.45. The van der Waals surface area contributed by atoms with Crippen molar-refractivity contribution < 1.29 is 0 Å². The molecule has 0 unspecified atom stereocenters. The number of nitrogens with zero attached hydrogens (tertiary/aromatic N) is 1. The fourth-order valence-electron chi connectivity index (χ4n) is 11.7. The maximum Gasteiger partial charge on any atom is 0.0725 e. The van der Waals surface area contributed by atoms with E-state index in [4.69, 9.17) is 0 Å². The fourth-order valence-corrected chi connectivity index (χ4v) is 11.7. The summed E-state index contributed by atoms with van der Waals surface area (Å²) in [5.41, 5.74) is 26.1. The monoisotopic (exact) mass is 827 g/mol. The summed E-state index contributed by atoms with van der Waals surface area (Å²) in [5.74, 6) is 0. The third kappa shape index (κ3) is 5.46. The Labute approximate surface area is 381 Å². The fraction of sp³-hybridized carbons (Fsp3) is 0.0625. The van der Waals surface area contributed by atoms with Gasteiger partial charge in [-0.15, -0.1) is 0 Å². The molecule has 10 aromatic carbocycles. The minimum absolute atomic E-state index is 0.107. The van der Waals surface area contributed by atoms with Crippen LogP contribution in [0.5, 0.6) is 0 Å². The second kappa shape index (κ2) is 14.3. The lowest BCUT2D eigenvalue weighted by molar-refractivity contribution is 0.660. The number of fused-ring (bicyclic) bond motifs is 15. The van der Waals surface area contributed by atoms with Crippen LogP contribution in [-0.2, 0) is 10.8 Å². The zero-order valence-corrected chi connectivity index (χ0v) is 36.5. The average molecular weight is 828 g/mol. The Morgan fingerprint density at radius 2 is 0.615 bits per heavy atom. The topological polar surface area (TPSA) is 3.24 Å². The Bertz CT molecular complexity index is 3430. The summed E-state index contributed by atoms with van der Waals surface area (Å²) in [6.07, 6.45) is 0. The minimum atomic E-state index is -0.483. The number of benzene rings is 10. The lowest BCUT2D eigenvalue weighted by Crippen LogP contribution is -2.29. The molecule has 1 nitrogen and oxygen atoms in total. The molecule has 306 valence electrons. The van der Waals surface area contributed by atoms with E-state index in [0.29, 0.717) is 0 Å². The molecule has 0 saturated heterocycles.